The van der Waals surface area contributed by atoms with Gasteiger partial charge in [-0.3, -0.25) is 9.59 Å². The zero-order valence-electron chi connectivity index (χ0n) is 14.2. The minimum atomic E-state index is -3.98. The van der Waals surface area contributed by atoms with Gasteiger partial charge in [0.15, 0.2) is 0 Å². The second-order valence-electron chi connectivity index (χ2n) is 5.86. The Morgan fingerprint density at radius 1 is 1.19 bits per heavy atom. The third-order valence-electron chi connectivity index (χ3n) is 3.95. The molecule has 3 rings (SSSR count). The highest BCUT2D eigenvalue weighted by molar-refractivity contribution is 7.89. The minimum Gasteiger partial charge on any atom is -0.305 e. The molecule has 12 heteroatoms. The number of anilines is 2. The van der Waals surface area contributed by atoms with Crippen LogP contribution in [0.15, 0.2) is 33.8 Å². The van der Waals surface area contributed by atoms with Gasteiger partial charge in [0.05, 0.1) is 4.90 Å². The first kappa shape index (κ1) is 18.9. The number of carbonyl (C=O) groups excluding carboxylic acids is 2. The van der Waals surface area contributed by atoms with Crippen molar-refractivity contribution in [1.82, 2.24) is 14.6 Å². The first-order valence-corrected chi connectivity index (χ1v) is 9.41. The standard InChI is InChI=1S/C15H16FN5O5S/c1-9(22)17-13-14(20-26-19-13)18-15(23)12-3-2-8-21(12)27(24,25)11-6-4-10(16)5-7-11/h4-7,12H,2-3,8H2,1H3,(H,17,19,22)(H,18,20,23). The van der Waals surface area contributed by atoms with Crippen molar-refractivity contribution in [2.24, 2.45) is 0 Å². The van der Waals surface area contributed by atoms with Crippen molar-refractivity contribution >= 4 is 33.5 Å². The van der Waals surface area contributed by atoms with Crippen molar-refractivity contribution in [3.05, 3.63) is 30.1 Å². The summed E-state index contributed by atoms with van der Waals surface area (Å²) < 4.78 is 44.2. The molecule has 1 fully saturated rings. The Labute approximate surface area is 153 Å². The second kappa shape index (κ2) is 7.40. The lowest BCUT2D eigenvalue weighted by Gasteiger charge is -2.23. The molecule has 0 radical (unpaired) electrons. The van der Waals surface area contributed by atoms with Gasteiger partial charge >= 0.3 is 0 Å². The van der Waals surface area contributed by atoms with Gasteiger partial charge in [-0.15, -0.1) is 0 Å². The number of hydrogen-bond acceptors (Lipinski definition) is 7. The lowest BCUT2D eigenvalue weighted by atomic mass is 10.2. The maximum Gasteiger partial charge on any atom is 0.244 e. The molecule has 0 saturated carbocycles. The molecular weight excluding hydrogens is 381 g/mol. The molecule has 27 heavy (non-hydrogen) atoms. The number of halogens is 1. The summed E-state index contributed by atoms with van der Waals surface area (Å²) in [7, 11) is -3.98. The molecule has 1 aromatic heterocycles. The van der Waals surface area contributed by atoms with Gasteiger partial charge in [0.1, 0.15) is 11.9 Å². The number of hydrogen-bond donors (Lipinski definition) is 2. The largest absolute Gasteiger partial charge is 0.305 e. The molecule has 1 saturated heterocycles. The minimum absolute atomic E-state index is 0.0817. The molecule has 1 atom stereocenters. The van der Waals surface area contributed by atoms with E-state index in [0.29, 0.717) is 12.8 Å². The van der Waals surface area contributed by atoms with Crippen LogP contribution < -0.4 is 10.6 Å². The van der Waals surface area contributed by atoms with Crippen LogP contribution in [0.4, 0.5) is 16.0 Å². The first-order chi connectivity index (χ1) is 12.8. The molecule has 2 heterocycles. The van der Waals surface area contributed by atoms with Gasteiger partial charge in [-0.1, -0.05) is 0 Å². The smallest absolute Gasteiger partial charge is 0.244 e. The van der Waals surface area contributed by atoms with E-state index < -0.39 is 33.7 Å². The van der Waals surface area contributed by atoms with Crippen molar-refractivity contribution < 1.29 is 27.0 Å². The highest BCUT2D eigenvalue weighted by Gasteiger charge is 2.40. The summed E-state index contributed by atoms with van der Waals surface area (Å²) in [6.45, 7) is 1.39. The number of aromatic nitrogens is 2. The molecule has 2 aromatic rings. The van der Waals surface area contributed by atoms with E-state index in [-0.39, 0.29) is 23.1 Å². The van der Waals surface area contributed by atoms with Crippen molar-refractivity contribution in [2.45, 2.75) is 30.7 Å². The van der Waals surface area contributed by atoms with Gasteiger partial charge in [0.25, 0.3) is 0 Å². The summed E-state index contributed by atoms with van der Waals surface area (Å²) in [4.78, 5) is 23.6. The Balaban J connectivity index is 1.80. The van der Waals surface area contributed by atoms with Crippen molar-refractivity contribution in [3.8, 4) is 0 Å². The fourth-order valence-corrected chi connectivity index (χ4v) is 4.41. The van der Waals surface area contributed by atoms with Crippen LogP contribution in [0.3, 0.4) is 0 Å². The topological polar surface area (TPSA) is 134 Å². The molecule has 144 valence electrons. The number of carbonyl (C=O) groups is 2. The number of amides is 2. The predicted molar refractivity (Wildman–Crippen MR) is 90.5 cm³/mol. The Morgan fingerprint density at radius 3 is 2.44 bits per heavy atom. The van der Waals surface area contributed by atoms with Gasteiger partial charge in [0.2, 0.25) is 33.5 Å². The number of benzene rings is 1. The average Bonchev–Trinajstić information content (AvgIpc) is 3.25. The highest BCUT2D eigenvalue weighted by Crippen LogP contribution is 2.27. The third-order valence-corrected chi connectivity index (χ3v) is 5.87. The average molecular weight is 397 g/mol. The molecule has 0 bridgehead atoms. The lowest BCUT2D eigenvalue weighted by Crippen LogP contribution is -2.43. The van der Waals surface area contributed by atoms with Crippen molar-refractivity contribution in [2.75, 3.05) is 17.2 Å². The lowest BCUT2D eigenvalue weighted by molar-refractivity contribution is -0.119. The molecule has 0 aliphatic carbocycles. The van der Waals surface area contributed by atoms with Crippen LogP contribution in [-0.4, -0.2) is 47.4 Å². The molecule has 1 aliphatic rings. The van der Waals surface area contributed by atoms with E-state index in [1.54, 1.807) is 0 Å². The predicted octanol–water partition coefficient (Wildman–Crippen LogP) is 0.959. The quantitative estimate of drug-likeness (QED) is 0.767. The van der Waals surface area contributed by atoms with Crippen LogP contribution in [0, 0.1) is 5.82 Å². The van der Waals surface area contributed by atoms with Gasteiger partial charge in [-0.05, 0) is 47.4 Å². The Bertz CT molecular complexity index is 959. The van der Waals surface area contributed by atoms with E-state index in [1.165, 1.54) is 6.92 Å². The number of nitrogens with one attached hydrogen (secondary N) is 2. The van der Waals surface area contributed by atoms with E-state index in [2.05, 4.69) is 25.6 Å². The first-order valence-electron chi connectivity index (χ1n) is 7.97. The summed E-state index contributed by atoms with van der Waals surface area (Å²) in [5.41, 5.74) is 0. The normalized spacial score (nSPS) is 17.6. The van der Waals surface area contributed by atoms with Crippen LogP contribution >= 0.6 is 0 Å². The maximum absolute atomic E-state index is 13.1. The van der Waals surface area contributed by atoms with Crippen LogP contribution in [0.5, 0.6) is 0 Å². The molecule has 2 amide bonds. The molecule has 1 aliphatic heterocycles. The molecule has 10 nitrogen and oxygen atoms in total. The summed E-state index contributed by atoms with van der Waals surface area (Å²) in [6, 6.07) is 3.39. The monoisotopic (exact) mass is 397 g/mol. The molecule has 1 aromatic carbocycles. The number of rotatable bonds is 5. The van der Waals surface area contributed by atoms with E-state index >= 15 is 0 Å². The summed E-state index contributed by atoms with van der Waals surface area (Å²) in [5.74, 6) is -1.85. The zero-order valence-corrected chi connectivity index (χ0v) is 15.0. The third kappa shape index (κ3) is 3.95. The van der Waals surface area contributed by atoms with Crippen molar-refractivity contribution in [3.63, 3.8) is 0 Å². The Hall–Kier alpha value is -2.86. The van der Waals surface area contributed by atoms with Crippen LogP contribution in [0.2, 0.25) is 0 Å². The van der Waals surface area contributed by atoms with Crippen molar-refractivity contribution in [1.29, 1.82) is 0 Å². The molecular formula is C15H16FN5O5S. The van der Waals surface area contributed by atoms with E-state index in [0.717, 1.165) is 28.6 Å². The van der Waals surface area contributed by atoms with E-state index in [4.69, 9.17) is 0 Å². The highest BCUT2D eigenvalue weighted by atomic mass is 32.2. The Kier molecular flexibility index (Phi) is 5.19. The zero-order chi connectivity index (χ0) is 19.6. The SMILES string of the molecule is CC(=O)Nc1nonc1NC(=O)C1CCCN1S(=O)(=O)c1ccc(F)cc1. The molecule has 2 N–H and O–H groups in total. The van der Waals surface area contributed by atoms with Crippen LogP contribution in [0.1, 0.15) is 19.8 Å². The van der Waals surface area contributed by atoms with Gasteiger partial charge in [-0.25, -0.2) is 17.4 Å². The second-order valence-corrected chi connectivity index (χ2v) is 7.75. The Morgan fingerprint density at radius 2 is 1.81 bits per heavy atom. The van der Waals surface area contributed by atoms with Gasteiger partial charge < -0.3 is 10.6 Å². The van der Waals surface area contributed by atoms with Gasteiger partial charge in [-0.2, -0.15) is 4.31 Å². The summed E-state index contributed by atoms with van der Waals surface area (Å²) in [6.07, 6.45) is 0.779. The van der Waals surface area contributed by atoms with Gasteiger partial charge in [0, 0.05) is 13.5 Å². The maximum atomic E-state index is 13.1. The van der Waals surface area contributed by atoms with Crippen LogP contribution in [0.25, 0.3) is 0 Å². The summed E-state index contributed by atoms with van der Waals surface area (Å²) in [5, 5.41) is 11.7. The van der Waals surface area contributed by atoms with Crippen LogP contribution in [-0.2, 0) is 19.6 Å². The fourth-order valence-electron chi connectivity index (χ4n) is 2.75. The van der Waals surface area contributed by atoms with E-state index in [1.807, 2.05) is 0 Å². The fraction of sp³-hybridized carbons (Fsp3) is 0.333. The number of nitrogens with zero attached hydrogens (tertiary/aromatic N) is 3. The summed E-state index contributed by atoms with van der Waals surface area (Å²) >= 11 is 0. The van der Waals surface area contributed by atoms with E-state index in [9.17, 15) is 22.4 Å². The molecule has 1 unspecified atom stereocenters. The molecule has 0 spiro atoms. The number of sulfonamides is 1.